The van der Waals surface area contributed by atoms with E-state index in [-0.39, 0.29) is 11.9 Å². The topological polar surface area (TPSA) is 41.5 Å². The first kappa shape index (κ1) is 12.5. The zero-order chi connectivity index (χ0) is 13.9. The molecule has 0 aliphatic carbocycles. The number of fused-ring (bicyclic) bond motifs is 1. The van der Waals surface area contributed by atoms with Crippen LogP contribution >= 0.6 is 0 Å². The summed E-state index contributed by atoms with van der Waals surface area (Å²) in [4.78, 5) is 15.5. The molecule has 100 valence electrons. The first-order valence-corrected chi connectivity index (χ1v) is 6.40. The molecule has 1 N–H and O–H groups in total. The van der Waals surface area contributed by atoms with E-state index in [9.17, 15) is 9.18 Å². The molecule has 0 spiro atoms. The highest BCUT2D eigenvalue weighted by molar-refractivity contribution is 6.16. The average Bonchev–Trinajstić information content (AvgIpc) is 2.67. The van der Waals surface area contributed by atoms with Crippen LogP contribution in [0.2, 0.25) is 0 Å². The van der Waals surface area contributed by atoms with Gasteiger partial charge >= 0.3 is 0 Å². The molecule has 20 heavy (non-hydrogen) atoms. The molecule has 1 heterocycles. The summed E-state index contributed by atoms with van der Waals surface area (Å²) in [6, 6.07) is 13.6. The van der Waals surface area contributed by atoms with Gasteiger partial charge in [0.25, 0.3) is 0 Å². The Hall–Kier alpha value is -2.49. The molecule has 1 aliphatic heterocycles. The van der Waals surface area contributed by atoms with Crippen molar-refractivity contribution in [2.75, 3.05) is 11.9 Å². The van der Waals surface area contributed by atoms with Crippen molar-refractivity contribution in [2.45, 2.75) is 6.04 Å². The molecule has 2 aromatic rings. The maximum atomic E-state index is 14.0. The monoisotopic (exact) mass is 268 g/mol. The Bertz CT molecular complexity index is 682. The third kappa shape index (κ3) is 2.20. The van der Waals surface area contributed by atoms with Crippen LogP contribution in [0.5, 0.6) is 0 Å². The standard InChI is InChI=1S/C16H13FN2O/c17-14-7-3-1-5-12(14)16-13-6-2-4-8-15(13)19-11(10-20)9-18-16/h1-8,10-11,19H,9H2. The lowest BCUT2D eigenvalue weighted by atomic mass is 10.0. The van der Waals surface area contributed by atoms with Crippen LogP contribution in [0.3, 0.4) is 0 Å². The molecule has 1 unspecified atom stereocenters. The fourth-order valence-electron chi connectivity index (χ4n) is 2.30. The fourth-order valence-corrected chi connectivity index (χ4v) is 2.30. The third-order valence-electron chi connectivity index (χ3n) is 3.26. The number of carbonyl (C=O) groups is 1. The normalized spacial score (nSPS) is 17.4. The van der Waals surface area contributed by atoms with Gasteiger partial charge in [0, 0.05) is 16.8 Å². The SMILES string of the molecule is O=CC1CN=C(c2ccccc2F)c2ccccc2N1. The molecule has 3 rings (SSSR count). The lowest BCUT2D eigenvalue weighted by Crippen LogP contribution is -2.23. The van der Waals surface area contributed by atoms with E-state index in [2.05, 4.69) is 10.3 Å². The van der Waals surface area contributed by atoms with Gasteiger partial charge in [0.05, 0.1) is 12.3 Å². The minimum atomic E-state index is -0.388. The number of carbonyl (C=O) groups excluding carboxylic acids is 1. The third-order valence-corrected chi connectivity index (χ3v) is 3.26. The molecule has 3 nitrogen and oxygen atoms in total. The Morgan fingerprint density at radius 2 is 1.80 bits per heavy atom. The van der Waals surface area contributed by atoms with Crippen LogP contribution in [0.15, 0.2) is 53.5 Å². The number of halogens is 1. The van der Waals surface area contributed by atoms with Gasteiger partial charge in [-0.25, -0.2) is 4.39 Å². The van der Waals surface area contributed by atoms with E-state index in [1.54, 1.807) is 18.2 Å². The molecule has 1 aliphatic rings. The maximum Gasteiger partial charge on any atom is 0.144 e. The number of nitrogens with zero attached hydrogens (tertiary/aromatic N) is 1. The average molecular weight is 268 g/mol. The molecular formula is C16H13FN2O. The van der Waals surface area contributed by atoms with E-state index < -0.39 is 0 Å². The summed E-state index contributed by atoms with van der Waals surface area (Å²) in [7, 11) is 0. The lowest BCUT2D eigenvalue weighted by Gasteiger charge is -2.12. The van der Waals surface area contributed by atoms with Crippen molar-refractivity contribution >= 4 is 17.7 Å². The molecule has 0 fully saturated rings. The summed E-state index contributed by atoms with van der Waals surface area (Å²) in [6.45, 7) is 0.293. The van der Waals surface area contributed by atoms with Gasteiger partial charge in [0.2, 0.25) is 0 Å². The number of anilines is 1. The molecule has 0 amide bonds. The number of benzene rings is 2. The van der Waals surface area contributed by atoms with Crippen LogP contribution in [0, 0.1) is 5.82 Å². The van der Waals surface area contributed by atoms with Gasteiger partial charge in [-0.3, -0.25) is 4.99 Å². The first-order chi connectivity index (χ1) is 9.79. The molecule has 0 aromatic heterocycles. The second-order valence-corrected chi connectivity index (χ2v) is 4.60. The quantitative estimate of drug-likeness (QED) is 0.851. The predicted molar refractivity (Wildman–Crippen MR) is 76.8 cm³/mol. The van der Waals surface area contributed by atoms with E-state index >= 15 is 0 Å². The zero-order valence-electron chi connectivity index (χ0n) is 10.7. The van der Waals surface area contributed by atoms with Crippen molar-refractivity contribution in [3.05, 3.63) is 65.5 Å². The zero-order valence-corrected chi connectivity index (χ0v) is 10.7. The Balaban J connectivity index is 2.17. The molecule has 1 atom stereocenters. The van der Waals surface area contributed by atoms with Crippen LogP contribution in [-0.2, 0) is 4.79 Å². The molecule has 0 bridgehead atoms. The van der Waals surface area contributed by atoms with E-state index in [0.717, 1.165) is 17.5 Å². The number of aliphatic imine (C=N–C) groups is 1. The first-order valence-electron chi connectivity index (χ1n) is 6.40. The molecule has 0 saturated heterocycles. The summed E-state index contributed by atoms with van der Waals surface area (Å²) in [5.74, 6) is -0.314. The van der Waals surface area contributed by atoms with Crippen molar-refractivity contribution in [2.24, 2.45) is 4.99 Å². The minimum absolute atomic E-state index is 0.293. The molecule has 2 aromatic carbocycles. The largest absolute Gasteiger partial charge is 0.373 e. The maximum absolute atomic E-state index is 14.0. The van der Waals surface area contributed by atoms with Crippen LogP contribution in [0.25, 0.3) is 0 Å². The van der Waals surface area contributed by atoms with Gasteiger partial charge in [-0.1, -0.05) is 30.3 Å². The number of para-hydroxylation sites is 1. The van der Waals surface area contributed by atoms with E-state index in [0.29, 0.717) is 17.8 Å². The Labute approximate surface area is 116 Å². The smallest absolute Gasteiger partial charge is 0.144 e. The summed E-state index contributed by atoms with van der Waals surface area (Å²) in [5, 5.41) is 3.12. The number of nitrogens with one attached hydrogen (secondary N) is 1. The van der Waals surface area contributed by atoms with Crippen molar-refractivity contribution in [3.8, 4) is 0 Å². The number of hydrogen-bond donors (Lipinski definition) is 1. The van der Waals surface area contributed by atoms with Gasteiger partial charge in [-0.2, -0.15) is 0 Å². The van der Waals surface area contributed by atoms with Crippen molar-refractivity contribution in [1.29, 1.82) is 0 Å². The second kappa shape index (κ2) is 5.25. The van der Waals surface area contributed by atoms with Gasteiger partial charge in [0.15, 0.2) is 0 Å². The number of aldehydes is 1. The van der Waals surface area contributed by atoms with Crippen molar-refractivity contribution in [1.82, 2.24) is 0 Å². The summed E-state index contributed by atoms with van der Waals surface area (Å²) >= 11 is 0. The number of rotatable bonds is 2. The van der Waals surface area contributed by atoms with E-state index in [1.807, 2.05) is 24.3 Å². The minimum Gasteiger partial charge on any atom is -0.373 e. The Kier molecular flexibility index (Phi) is 3.29. The molecule has 4 heteroatoms. The van der Waals surface area contributed by atoms with Crippen LogP contribution in [0.1, 0.15) is 11.1 Å². The summed E-state index contributed by atoms with van der Waals surface area (Å²) < 4.78 is 14.0. The highest BCUT2D eigenvalue weighted by atomic mass is 19.1. The van der Waals surface area contributed by atoms with Crippen molar-refractivity contribution in [3.63, 3.8) is 0 Å². The molecule has 0 saturated carbocycles. The van der Waals surface area contributed by atoms with Gasteiger partial charge < -0.3 is 10.1 Å². The van der Waals surface area contributed by atoms with E-state index in [1.165, 1.54) is 6.07 Å². The fraction of sp³-hybridized carbons (Fsp3) is 0.125. The van der Waals surface area contributed by atoms with Crippen LogP contribution < -0.4 is 5.32 Å². The number of hydrogen-bond acceptors (Lipinski definition) is 3. The van der Waals surface area contributed by atoms with Crippen LogP contribution in [0.4, 0.5) is 10.1 Å². The Morgan fingerprint density at radius 1 is 1.10 bits per heavy atom. The summed E-state index contributed by atoms with van der Waals surface area (Å²) in [5.41, 5.74) is 2.63. The Morgan fingerprint density at radius 3 is 2.55 bits per heavy atom. The highest BCUT2D eigenvalue weighted by Crippen LogP contribution is 2.24. The van der Waals surface area contributed by atoms with Crippen LogP contribution in [-0.4, -0.2) is 24.6 Å². The number of benzodiazepines with no additional fused rings is 1. The van der Waals surface area contributed by atoms with Gasteiger partial charge in [-0.05, 0) is 18.2 Å². The van der Waals surface area contributed by atoms with Crippen molar-refractivity contribution < 1.29 is 9.18 Å². The summed E-state index contributed by atoms with van der Waals surface area (Å²) in [6.07, 6.45) is 0.824. The molecular weight excluding hydrogens is 255 g/mol. The van der Waals surface area contributed by atoms with Gasteiger partial charge in [-0.15, -0.1) is 0 Å². The molecule has 0 radical (unpaired) electrons. The van der Waals surface area contributed by atoms with E-state index in [4.69, 9.17) is 0 Å². The predicted octanol–water partition coefficient (Wildman–Crippen LogP) is 2.66. The lowest BCUT2D eigenvalue weighted by molar-refractivity contribution is -0.108. The highest BCUT2D eigenvalue weighted by Gasteiger charge is 2.20. The van der Waals surface area contributed by atoms with Gasteiger partial charge in [0.1, 0.15) is 18.1 Å². The second-order valence-electron chi connectivity index (χ2n) is 4.60.